The predicted octanol–water partition coefficient (Wildman–Crippen LogP) is 2.25. The molecule has 1 aliphatic rings. The van der Waals surface area contributed by atoms with Crippen molar-refractivity contribution in [2.24, 2.45) is 0 Å². The number of nitrogens with zero attached hydrogens (tertiary/aromatic N) is 4. The summed E-state index contributed by atoms with van der Waals surface area (Å²) in [7, 11) is 0. The average molecular weight is 237 g/mol. The van der Waals surface area contributed by atoms with Gasteiger partial charge in [-0.3, -0.25) is 0 Å². The summed E-state index contributed by atoms with van der Waals surface area (Å²) in [6.07, 6.45) is 5.64. The first-order valence-electron chi connectivity index (χ1n) is 5.82. The van der Waals surface area contributed by atoms with Gasteiger partial charge in [-0.1, -0.05) is 6.07 Å². The number of rotatable bonds is 1. The van der Waals surface area contributed by atoms with Gasteiger partial charge in [-0.25, -0.2) is 9.50 Å². The molecule has 1 N–H and O–H groups in total. The number of hydrogen-bond donors (Lipinski definition) is 1. The summed E-state index contributed by atoms with van der Waals surface area (Å²) < 4.78 is 1.88. The van der Waals surface area contributed by atoms with Crippen molar-refractivity contribution >= 4 is 22.7 Å². The van der Waals surface area contributed by atoms with E-state index in [2.05, 4.69) is 32.4 Å². The summed E-state index contributed by atoms with van der Waals surface area (Å²) >= 11 is 0. The highest BCUT2D eigenvalue weighted by Crippen LogP contribution is 2.36. The number of hydrogen-bond acceptors (Lipinski definition) is 4. The van der Waals surface area contributed by atoms with Gasteiger partial charge in [0.15, 0.2) is 5.82 Å². The Bertz CT molecular complexity index is 718. The minimum atomic E-state index is 0.725. The molecular formula is C13H11N5. The first kappa shape index (κ1) is 9.47. The largest absolute Gasteiger partial charge is 0.351 e. The van der Waals surface area contributed by atoms with E-state index in [4.69, 9.17) is 0 Å². The maximum atomic E-state index is 4.36. The summed E-state index contributed by atoms with van der Waals surface area (Å²) in [5.41, 5.74) is 3.28. The highest BCUT2D eigenvalue weighted by Gasteiger charge is 2.22. The van der Waals surface area contributed by atoms with Crippen LogP contribution in [0.5, 0.6) is 0 Å². The third kappa shape index (κ3) is 1.21. The third-order valence-electron chi connectivity index (χ3n) is 3.18. The minimum Gasteiger partial charge on any atom is -0.351 e. The van der Waals surface area contributed by atoms with Gasteiger partial charge in [-0.05, 0) is 24.3 Å². The van der Waals surface area contributed by atoms with Crippen LogP contribution in [0.2, 0.25) is 0 Å². The second-order valence-electron chi connectivity index (χ2n) is 4.19. The molecule has 0 amide bonds. The fourth-order valence-corrected chi connectivity index (χ4v) is 2.33. The van der Waals surface area contributed by atoms with Crippen molar-refractivity contribution in [3.8, 4) is 0 Å². The van der Waals surface area contributed by atoms with Crippen LogP contribution >= 0.6 is 0 Å². The summed E-state index contributed by atoms with van der Waals surface area (Å²) in [5.74, 6) is 0.924. The van der Waals surface area contributed by atoms with E-state index in [-0.39, 0.29) is 0 Å². The molecule has 0 atom stereocenters. The van der Waals surface area contributed by atoms with E-state index in [1.165, 1.54) is 0 Å². The molecule has 4 heterocycles. The molecule has 0 radical (unpaired) electrons. The molecule has 0 unspecified atom stereocenters. The van der Waals surface area contributed by atoms with Gasteiger partial charge in [0.25, 0.3) is 0 Å². The summed E-state index contributed by atoms with van der Waals surface area (Å²) in [6, 6.07) is 10.1. The van der Waals surface area contributed by atoms with Crippen molar-refractivity contribution in [3.63, 3.8) is 0 Å². The smallest absolute Gasteiger partial charge is 0.151 e. The standard InChI is InChI=1S/C13H11N5/c1-2-7-18-10(4-1)12(8-16-18)17-9-15-13-11(17)5-3-6-14-13/h1-8H,9H2,(H,14,15). The molecular weight excluding hydrogens is 226 g/mol. The Balaban J connectivity index is 1.90. The lowest BCUT2D eigenvalue weighted by atomic mass is 10.3. The third-order valence-corrected chi connectivity index (χ3v) is 3.18. The first-order valence-corrected chi connectivity index (χ1v) is 5.82. The Morgan fingerprint density at radius 2 is 2.11 bits per heavy atom. The van der Waals surface area contributed by atoms with E-state index in [1.807, 2.05) is 35.1 Å². The van der Waals surface area contributed by atoms with Gasteiger partial charge in [0.1, 0.15) is 0 Å². The van der Waals surface area contributed by atoms with Gasteiger partial charge in [0, 0.05) is 12.4 Å². The first-order chi connectivity index (χ1) is 8.93. The van der Waals surface area contributed by atoms with E-state index in [0.29, 0.717) is 0 Å². The van der Waals surface area contributed by atoms with Crippen LogP contribution in [-0.2, 0) is 0 Å². The van der Waals surface area contributed by atoms with Crippen LogP contribution in [0.1, 0.15) is 0 Å². The normalized spacial score (nSPS) is 13.7. The Hall–Kier alpha value is -2.56. The average Bonchev–Trinajstić information content (AvgIpc) is 3.01. The van der Waals surface area contributed by atoms with E-state index in [9.17, 15) is 0 Å². The molecule has 0 aromatic carbocycles. The molecule has 3 aromatic rings. The van der Waals surface area contributed by atoms with Crippen molar-refractivity contribution < 1.29 is 0 Å². The van der Waals surface area contributed by atoms with Crippen LogP contribution in [0, 0.1) is 0 Å². The van der Waals surface area contributed by atoms with Gasteiger partial charge in [-0.15, -0.1) is 0 Å². The molecule has 0 saturated heterocycles. The maximum absolute atomic E-state index is 4.36. The zero-order valence-electron chi connectivity index (χ0n) is 9.61. The van der Waals surface area contributed by atoms with Crippen LogP contribution in [0.4, 0.5) is 17.2 Å². The molecule has 0 saturated carbocycles. The van der Waals surface area contributed by atoms with Crippen LogP contribution in [0.25, 0.3) is 5.52 Å². The number of nitrogens with one attached hydrogen (secondary N) is 1. The molecule has 5 heteroatoms. The molecule has 5 nitrogen and oxygen atoms in total. The van der Waals surface area contributed by atoms with Gasteiger partial charge in [0.05, 0.1) is 29.8 Å². The van der Waals surface area contributed by atoms with Crippen molar-refractivity contribution in [2.75, 3.05) is 16.9 Å². The quantitative estimate of drug-likeness (QED) is 0.705. The van der Waals surface area contributed by atoms with Gasteiger partial charge >= 0.3 is 0 Å². The highest BCUT2D eigenvalue weighted by molar-refractivity contribution is 5.85. The highest BCUT2D eigenvalue weighted by atomic mass is 15.3. The van der Waals surface area contributed by atoms with Gasteiger partial charge < -0.3 is 10.2 Å². The number of pyridine rings is 2. The summed E-state index contributed by atoms with van der Waals surface area (Å²) in [6.45, 7) is 0.725. The summed E-state index contributed by atoms with van der Waals surface area (Å²) in [4.78, 5) is 6.50. The monoisotopic (exact) mass is 237 g/mol. The number of aromatic nitrogens is 3. The van der Waals surface area contributed by atoms with E-state index >= 15 is 0 Å². The molecule has 0 spiro atoms. The topological polar surface area (TPSA) is 45.5 Å². The van der Waals surface area contributed by atoms with E-state index < -0.39 is 0 Å². The van der Waals surface area contributed by atoms with Gasteiger partial charge in [-0.2, -0.15) is 5.10 Å². The lowest BCUT2D eigenvalue weighted by molar-refractivity contribution is 0.961. The molecule has 3 aromatic heterocycles. The lowest BCUT2D eigenvalue weighted by Gasteiger charge is -2.15. The second kappa shape index (κ2) is 3.46. The van der Waals surface area contributed by atoms with E-state index in [1.54, 1.807) is 6.20 Å². The fraction of sp³-hybridized carbons (Fsp3) is 0.0769. The van der Waals surface area contributed by atoms with Crippen molar-refractivity contribution in [3.05, 3.63) is 48.9 Å². The minimum absolute atomic E-state index is 0.725. The van der Waals surface area contributed by atoms with Crippen molar-refractivity contribution in [1.82, 2.24) is 14.6 Å². The zero-order valence-corrected chi connectivity index (χ0v) is 9.61. The predicted molar refractivity (Wildman–Crippen MR) is 70.1 cm³/mol. The molecule has 0 fully saturated rings. The lowest BCUT2D eigenvalue weighted by Crippen LogP contribution is -2.16. The van der Waals surface area contributed by atoms with Crippen LogP contribution in [0.3, 0.4) is 0 Å². The Kier molecular flexibility index (Phi) is 1.82. The summed E-state index contributed by atoms with van der Waals surface area (Å²) in [5, 5.41) is 7.64. The van der Waals surface area contributed by atoms with Gasteiger partial charge in [0.2, 0.25) is 0 Å². The molecule has 0 aliphatic carbocycles. The molecule has 1 aliphatic heterocycles. The zero-order chi connectivity index (χ0) is 11.9. The van der Waals surface area contributed by atoms with Crippen LogP contribution < -0.4 is 10.2 Å². The Morgan fingerprint density at radius 1 is 1.11 bits per heavy atom. The number of anilines is 3. The molecule has 88 valence electrons. The van der Waals surface area contributed by atoms with Crippen molar-refractivity contribution in [1.29, 1.82) is 0 Å². The maximum Gasteiger partial charge on any atom is 0.151 e. The molecule has 4 rings (SSSR count). The van der Waals surface area contributed by atoms with Crippen LogP contribution in [0.15, 0.2) is 48.9 Å². The fourth-order valence-electron chi connectivity index (χ4n) is 2.33. The number of fused-ring (bicyclic) bond motifs is 2. The SMILES string of the molecule is c1cnc2c(c1)N(c1cnn3ccccc13)CN2. The Labute approximate surface area is 104 Å². The second-order valence-corrected chi connectivity index (χ2v) is 4.19. The van der Waals surface area contributed by atoms with Crippen LogP contribution in [-0.4, -0.2) is 21.3 Å². The molecule has 18 heavy (non-hydrogen) atoms. The van der Waals surface area contributed by atoms with E-state index in [0.717, 1.165) is 29.4 Å². The Morgan fingerprint density at radius 3 is 3.11 bits per heavy atom. The molecule has 0 bridgehead atoms. The van der Waals surface area contributed by atoms with Crippen molar-refractivity contribution in [2.45, 2.75) is 0 Å².